The Morgan fingerprint density at radius 1 is 1.00 bits per heavy atom. The Morgan fingerprint density at radius 2 is 1.76 bits per heavy atom. The van der Waals surface area contributed by atoms with E-state index in [9.17, 15) is 0 Å². The van der Waals surface area contributed by atoms with Crippen molar-refractivity contribution in [2.45, 2.75) is 19.3 Å². The number of nitrogens with two attached hydrogens (primary N) is 1. The summed E-state index contributed by atoms with van der Waals surface area (Å²) >= 11 is 0. The fraction of sp³-hybridized carbons (Fsp3) is 0.300. The molecule has 0 radical (unpaired) electrons. The van der Waals surface area contributed by atoms with Crippen LogP contribution in [0.3, 0.4) is 0 Å². The van der Waals surface area contributed by atoms with E-state index in [1.165, 1.54) is 19.3 Å². The molecule has 1 saturated heterocycles. The van der Waals surface area contributed by atoms with Crippen molar-refractivity contribution in [2.24, 2.45) is 0 Å². The monoisotopic (exact) mass is 334 g/mol. The van der Waals surface area contributed by atoms with Crippen molar-refractivity contribution in [3.8, 4) is 17.0 Å². The largest absolute Gasteiger partial charge is 0.479 e. The zero-order valence-corrected chi connectivity index (χ0v) is 14.4. The fourth-order valence-electron chi connectivity index (χ4n) is 3.44. The highest BCUT2D eigenvalue weighted by atomic mass is 16.5. The van der Waals surface area contributed by atoms with Gasteiger partial charge in [0.05, 0.1) is 12.8 Å². The lowest BCUT2D eigenvalue weighted by Gasteiger charge is -2.29. The number of anilines is 2. The van der Waals surface area contributed by atoms with E-state index in [0.29, 0.717) is 17.2 Å². The number of methoxy groups -OCH3 is 1. The van der Waals surface area contributed by atoms with Crippen LogP contribution in [0.4, 0.5) is 11.5 Å². The van der Waals surface area contributed by atoms with Crippen LogP contribution in [-0.2, 0) is 0 Å². The molecule has 4 rings (SSSR count). The topological polar surface area (TPSA) is 64.3 Å². The summed E-state index contributed by atoms with van der Waals surface area (Å²) < 4.78 is 5.26. The second kappa shape index (κ2) is 6.59. The summed E-state index contributed by atoms with van der Waals surface area (Å²) in [5.41, 5.74) is 9.53. The van der Waals surface area contributed by atoms with Crippen molar-refractivity contribution in [1.29, 1.82) is 0 Å². The summed E-state index contributed by atoms with van der Waals surface area (Å²) in [7, 11) is 1.58. The van der Waals surface area contributed by atoms with Gasteiger partial charge in [0.15, 0.2) is 5.65 Å². The number of piperidine rings is 1. The van der Waals surface area contributed by atoms with Gasteiger partial charge in [-0.2, -0.15) is 4.98 Å². The predicted molar refractivity (Wildman–Crippen MR) is 102 cm³/mol. The minimum atomic E-state index is 0.428. The molecule has 1 aliphatic rings. The lowest BCUT2D eigenvalue weighted by molar-refractivity contribution is 0.401. The molecule has 1 aromatic carbocycles. The van der Waals surface area contributed by atoms with E-state index in [2.05, 4.69) is 40.2 Å². The Hall–Kier alpha value is -2.82. The smallest absolute Gasteiger partial charge is 0.238 e. The molecule has 0 aliphatic carbocycles. The molecule has 1 aliphatic heterocycles. The summed E-state index contributed by atoms with van der Waals surface area (Å²) in [4.78, 5) is 11.8. The van der Waals surface area contributed by atoms with E-state index >= 15 is 0 Å². The van der Waals surface area contributed by atoms with E-state index in [4.69, 9.17) is 15.5 Å². The molecule has 3 heterocycles. The summed E-state index contributed by atoms with van der Waals surface area (Å²) in [6, 6.07) is 14.4. The molecule has 0 unspecified atom stereocenters. The third-order valence-electron chi connectivity index (χ3n) is 4.71. The maximum absolute atomic E-state index is 6.04. The Labute approximate surface area is 147 Å². The second-order valence-electron chi connectivity index (χ2n) is 6.41. The molecular weight excluding hydrogens is 312 g/mol. The van der Waals surface area contributed by atoms with Gasteiger partial charge >= 0.3 is 0 Å². The van der Waals surface area contributed by atoms with Gasteiger partial charge in [-0.05, 0) is 37.0 Å². The van der Waals surface area contributed by atoms with Crippen LogP contribution in [0.15, 0.2) is 42.5 Å². The van der Waals surface area contributed by atoms with E-state index in [1.807, 2.05) is 12.1 Å². The maximum atomic E-state index is 6.04. The van der Waals surface area contributed by atoms with Crippen LogP contribution >= 0.6 is 0 Å². The number of hydrogen-bond donors (Lipinski definition) is 1. The van der Waals surface area contributed by atoms with Gasteiger partial charge in [0.1, 0.15) is 5.82 Å². The number of pyridine rings is 2. The first-order valence-corrected chi connectivity index (χ1v) is 8.72. The molecular formula is C20H22N4O. The molecule has 128 valence electrons. The van der Waals surface area contributed by atoms with Crippen molar-refractivity contribution in [3.63, 3.8) is 0 Å². The van der Waals surface area contributed by atoms with Crippen LogP contribution < -0.4 is 15.4 Å². The molecule has 0 bridgehead atoms. The van der Waals surface area contributed by atoms with Gasteiger partial charge in [-0.15, -0.1) is 0 Å². The lowest BCUT2D eigenvalue weighted by Crippen LogP contribution is -2.30. The first-order chi connectivity index (χ1) is 12.3. The lowest BCUT2D eigenvalue weighted by atomic mass is 10.0. The maximum Gasteiger partial charge on any atom is 0.238 e. The molecule has 3 aromatic rings. The molecule has 0 amide bonds. The molecule has 0 saturated carbocycles. The first kappa shape index (κ1) is 15.7. The van der Waals surface area contributed by atoms with Crippen molar-refractivity contribution in [1.82, 2.24) is 9.97 Å². The van der Waals surface area contributed by atoms with Crippen molar-refractivity contribution in [2.75, 3.05) is 30.8 Å². The summed E-state index contributed by atoms with van der Waals surface area (Å²) in [6.07, 6.45) is 3.69. The number of fused-ring (bicyclic) bond motifs is 1. The van der Waals surface area contributed by atoms with Crippen LogP contribution in [0.1, 0.15) is 19.3 Å². The van der Waals surface area contributed by atoms with Gasteiger partial charge in [0.2, 0.25) is 5.88 Å². The Kier molecular flexibility index (Phi) is 4.14. The highest BCUT2D eigenvalue weighted by molar-refractivity contribution is 5.90. The third-order valence-corrected chi connectivity index (χ3v) is 4.71. The van der Waals surface area contributed by atoms with Gasteiger partial charge in [-0.3, -0.25) is 0 Å². The standard InChI is InChI=1S/C20H22N4O/c1-25-20-17(21)13-15-12-16(14-8-4-2-5-9-14)19(22-18(15)23-20)24-10-6-3-7-11-24/h2,4-5,8-9,12-13H,3,6-7,10-11,21H2,1H3. The average Bonchev–Trinajstić information content (AvgIpc) is 2.68. The molecule has 5 heteroatoms. The molecule has 2 aromatic heterocycles. The van der Waals surface area contributed by atoms with Gasteiger partial charge in [0.25, 0.3) is 0 Å². The number of ether oxygens (including phenoxy) is 1. The molecule has 2 N–H and O–H groups in total. The van der Waals surface area contributed by atoms with E-state index in [1.54, 1.807) is 7.11 Å². The van der Waals surface area contributed by atoms with E-state index in [0.717, 1.165) is 35.4 Å². The van der Waals surface area contributed by atoms with E-state index in [-0.39, 0.29) is 0 Å². The zero-order chi connectivity index (χ0) is 17.2. The van der Waals surface area contributed by atoms with Crippen LogP contribution in [-0.4, -0.2) is 30.2 Å². The number of benzene rings is 1. The second-order valence-corrected chi connectivity index (χ2v) is 6.41. The van der Waals surface area contributed by atoms with Crippen molar-refractivity contribution >= 4 is 22.5 Å². The van der Waals surface area contributed by atoms with Crippen LogP contribution in [0.25, 0.3) is 22.2 Å². The van der Waals surface area contributed by atoms with Gasteiger partial charge in [0, 0.05) is 24.0 Å². The van der Waals surface area contributed by atoms with Crippen molar-refractivity contribution < 1.29 is 4.74 Å². The molecule has 25 heavy (non-hydrogen) atoms. The average molecular weight is 334 g/mol. The highest BCUT2D eigenvalue weighted by Gasteiger charge is 2.19. The van der Waals surface area contributed by atoms with Crippen molar-refractivity contribution in [3.05, 3.63) is 42.5 Å². The minimum Gasteiger partial charge on any atom is -0.479 e. The Bertz CT molecular complexity index is 889. The van der Waals surface area contributed by atoms with Crippen LogP contribution in [0.5, 0.6) is 5.88 Å². The Morgan fingerprint density at radius 3 is 2.48 bits per heavy atom. The van der Waals surface area contributed by atoms with Crippen LogP contribution in [0, 0.1) is 0 Å². The number of nitrogens with zero attached hydrogens (tertiary/aromatic N) is 3. The van der Waals surface area contributed by atoms with Gasteiger partial charge < -0.3 is 15.4 Å². The normalized spacial score (nSPS) is 14.7. The fourth-order valence-corrected chi connectivity index (χ4v) is 3.44. The van der Waals surface area contributed by atoms with Gasteiger partial charge in [-0.1, -0.05) is 30.3 Å². The van der Waals surface area contributed by atoms with Crippen LogP contribution in [0.2, 0.25) is 0 Å². The number of rotatable bonds is 3. The Balaban J connectivity index is 1.93. The number of aromatic nitrogens is 2. The highest BCUT2D eigenvalue weighted by Crippen LogP contribution is 2.35. The third kappa shape index (κ3) is 2.97. The zero-order valence-electron chi connectivity index (χ0n) is 14.4. The van der Waals surface area contributed by atoms with Gasteiger partial charge in [-0.25, -0.2) is 4.98 Å². The quantitative estimate of drug-likeness (QED) is 0.787. The SMILES string of the molecule is COc1nc2nc(N3CCCCC3)c(-c3ccccc3)cc2cc1N. The summed E-state index contributed by atoms with van der Waals surface area (Å²) in [5.74, 6) is 1.43. The predicted octanol–water partition coefficient (Wildman–Crippen LogP) is 3.88. The van der Waals surface area contributed by atoms with E-state index < -0.39 is 0 Å². The molecule has 0 atom stereocenters. The minimum absolute atomic E-state index is 0.428. The molecule has 5 nitrogen and oxygen atoms in total. The molecule has 1 fully saturated rings. The number of hydrogen-bond acceptors (Lipinski definition) is 5. The first-order valence-electron chi connectivity index (χ1n) is 8.72. The molecule has 0 spiro atoms. The number of nitrogen functional groups attached to an aromatic ring is 1. The summed E-state index contributed by atoms with van der Waals surface area (Å²) in [5, 5.41) is 0.929. The summed E-state index contributed by atoms with van der Waals surface area (Å²) in [6.45, 7) is 2.06.